The number of aliphatic hydroxyl groups is 1. The summed E-state index contributed by atoms with van der Waals surface area (Å²) in [7, 11) is 0. The lowest BCUT2D eigenvalue weighted by molar-refractivity contribution is 0.192. The second-order valence-corrected chi connectivity index (χ2v) is 2.57. The van der Waals surface area contributed by atoms with E-state index in [2.05, 4.69) is 5.10 Å². The first kappa shape index (κ1) is 7.85. The number of nitrogens with zero attached hydrogens (tertiary/aromatic N) is 2. The molecule has 3 nitrogen and oxygen atoms in total. The third-order valence-corrected chi connectivity index (χ3v) is 2.04. The van der Waals surface area contributed by atoms with Gasteiger partial charge in [-0.2, -0.15) is 5.10 Å². The SMILES string of the molecule is Cc1c(Cl)c(Cl)nn1CO. The van der Waals surface area contributed by atoms with Gasteiger partial charge >= 0.3 is 0 Å². The van der Waals surface area contributed by atoms with E-state index in [1.807, 2.05) is 0 Å². The molecule has 1 heterocycles. The Morgan fingerprint density at radius 3 is 2.40 bits per heavy atom. The summed E-state index contributed by atoms with van der Waals surface area (Å²) < 4.78 is 1.32. The predicted molar refractivity (Wildman–Crippen MR) is 39.2 cm³/mol. The smallest absolute Gasteiger partial charge is 0.170 e. The summed E-state index contributed by atoms with van der Waals surface area (Å²) in [6.07, 6.45) is 0. The van der Waals surface area contributed by atoms with Gasteiger partial charge < -0.3 is 5.11 Å². The third kappa shape index (κ3) is 1.12. The largest absolute Gasteiger partial charge is 0.374 e. The van der Waals surface area contributed by atoms with E-state index in [-0.39, 0.29) is 11.9 Å². The van der Waals surface area contributed by atoms with Crippen LogP contribution in [0.15, 0.2) is 0 Å². The zero-order chi connectivity index (χ0) is 7.72. The number of halogens is 2. The average molecular weight is 181 g/mol. The van der Waals surface area contributed by atoms with Gasteiger partial charge in [-0.15, -0.1) is 0 Å². The molecule has 0 saturated heterocycles. The highest BCUT2D eigenvalue weighted by atomic mass is 35.5. The molecule has 1 aromatic rings. The van der Waals surface area contributed by atoms with Crippen molar-refractivity contribution in [2.75, 3.05) is 0 Å². The number of hydrogen-bond donors (Lipinski definition) is 1. The van der Waals surface area contributed by atoms with Crippen LogP contribution in [0.2, 0.25) is 10.2 Å². The van der Waals surface area contributed by atoms with E-state index in [0.717, 1.165) is 0 Å². The van der Waals surface area contributed by atoms with Gasteiger partial charge in [0.2, 0.25) is 0 Å². The van der Waals surface area contributed by atoms with E-state index in [1.54, 1.807) is 6.92 Å². The van der Waals surface area contributed by atoms with Gasteiger partial charge in [0.15, 0.2) is 5.15 Å². The normalized spacial score (nSPS) is 10.4. The molecule has 1 aromatic heterocycles. The van der Waals surface area contributed by atoms with Crippen molar-refractivity contribution in [2.45, 2.75) is 13.7 Å². The van der Waals surface area contributed by atoms with Gasteiger partial charge in [-0.25, -0.2) is 4.68 Å². The summed E-state index contributed by atoms with van der Waals surface area (Å²) >= 11 is 11.2. The molecule has 10 heavy (non-hydrogen) atoms. The zero-order valence-electron chi connectivity index (χ0n) is 5.30. The quantitative estimate of drug-likeness (QED) is 0.711. The lowest BCUT2D eigenvalue weighted by atomic mass is 10.5. The van der Waals surface area contributed by atoms with Crippen LogP contribution in [0.4, 0.5) is 0 Å². The summed E-state index contributed by atoms with van der Waals surface area (Å²) in [4.78, 5) is 0. The number of aromatic nitrogens is 2. The first-order chi connectivity index (χ1) is 4.66. The van der Waals surface area contributed by atoms with Gasteiger partial charge in [-0.3, -0.25) is 0 Å². The lowest BCUT2D eigenvalue weighted by Crippen LogP contribution is -2.00. The van der Waals surface area contributed by atoms with Crippen molar-refractivity contribution in [3.8, 4) is 0 Å². The molecule has 0 fully saturated rings. The number of hydrogen-bond acceptors (Lipinski definition) is 2. The topological polar surface area (TPSA) is 38.0 Å². The van der Waals surface area contributed by atoms with Crippen molar-refractivity contribution in [1.29, 1.82) is 0 Å². The summed E-state index contributed by atoms with van der Waals surface area (Å²) in [5, 5.41) is 13.0. The van der Waals surface area contributed by atoms with Crippen LogP contribution in [-0.4, -0.2) is 14.9 Å². The van der Waals surface area contributed by atoms with Crippen LogP contribution in [0.1, 0.15) is 5.69 Å². The maximum atomic E-state index is 8.64. The molecule has 0 aliphatic rings. The molecule has 0 atom stereocenters. The van der Waals surface area contributed by atoms with Crippen molar-refractivity contribution in [3.63, 3.8) is 0 Å². The molecule has 0 saturated carbocycles. The molecule has 0 bridgehead atoms. The Hall–Kier alpha value is -0.250. The second-order valence-electron chi connectivity index (χ2n) is 1.83. The van der Waals surface area contributed by atoms with E-state index in [4.69, 9.17) is 28.3 Å². The lowest BCUT2D eigenvalue weighted by Gasteiger charge is -1.94. The number of rotatable bonds is 1. The van der Waals surface area contributed by atoms with E-state index in [0.29, 0.717) is 10.7 Å². The Kier molecular flexibility index (Phi) is 2.18. The van der Waals surface area contributed by atoms with Crippen molar-refractivity contribution in [2.24, 2.45) is 0 Å². The standard InChI is InChI=1S/C5H6Cl2N2O/c1-3-4(6)5(7)8-9(3)2-10/h10H,2H2,1H3. The van der Waals surface area contributed by atoms with Gasteiger partial charge in [0.1, 0.15) is 11.8 Å². The fraction of sp³-hybridized carbons (Fsp3) is 0.400. The average Bonchev–Trinajstić information content (AvgIpc) is 2.17. The monoisotopic (exact) mass is 180 g/mol. The molecule has 0 spiro atoms. The van der Waals surface area contributed by atoms with Crippen molar-refractivity contribution >= 4 is 23.2 Å². The molecule has 0 amide bonds. The van der Waals surface area contributed by atoms with Crippen molar-refractivity contribution in [1.82, 2.24) is 9.78 Å². The Morgan fingerprint density at radius 2 is 2.20 bits per heavy atom. The molecule has 0 unspecified atom stereocenters. The van der Waals surface area contributed by atoms with Crippen LogP contribution < -0.4 is 0 Å². The zero-order valence-corrected chi connectivity index (χ0v) is 6.82. The summed E-state index contributed by atoms with van der Waals surface area (Å²) in [5.74, 6) is 0. The Balaban J connectivity index is 3.17. The molecular formula is C5H6Cl2N2O. The first-order valence-electron chi connectivity index (χ1n) is 2.66. The van der Waals surface area contributed by atoms with E-state index < -0.39 is 0 Å². The molecule has 0 radical (unpaired) electrons. The van der Waals surface area contributed by atoms with Crippen molar-refractivity contribution in [3.05, 3.63) is 15.9 Å². The van der Waals surface area contributed by atoms with E-state index in [1.165, 1.54) is 4.68 Å². The van der Waals surface area contributed by atoms with Crippen LogP contribution in [-0.2, 0) is 6.73 Å². The maximum Gasteiger partial charge on any atom is 0.170 e. The van der Waals surface area contributed by atoms with Gasteiger partial charge in [-0.05, 0) is 6.92 Å². The highest BCUT2D eigenvalue weighted by Crippen LogP contribution is 2.23. The van der Waals surface area contributed by atoms with E-state index >= 15 is 0 Å². The Bertz CT molecular complexity index is 246. The highest BCUT2D eigenvalue weighted by molar-refractivity contribution is 6.41. The molecule has 0 aromatic carbocycles. The fourth-order valence-corrected chi connectivity index (χ4v) is 0.989. The number of aliphatic hydroxyl groups excluding tert-OH is 1. The van der Waals surface area contributed by atoms with Crippen molar-refractivity contribution < 1.29 is 5.11 Å². The minimum absolute atomic E-state index is 0.196. The highest BCUT2D eigenvalue weighted by Gasteiger charge is 2.08. The minimum Gasteiger partial charge on any atom is -0.374 e. The van der Waals surface area contributed by atoms with Crippen LogP contribution in [0.25, 0.3) is 0 Å². The van der Waals surface area contributed by atoms with Crippen LogP contribution in [0.5, 0.6) is 0 Å². The predicted octanol–water partition coefficient (Wildman–Crippen LogP) is 1.45. The third-order valence-electron chi connectivity index (χ3n) is 1.23. The summed E-state index contributed by atoms with van der Waals surface area (Å²) in [5.41, 5.74) is 0.675. The molecular weight excluding hydrogens is 175 g/mol. The minimum atomic E-state index is -0.196. The molecule has 1 rings (SSSR count). The molecule has 56 valence electrons. The van der Waals surface area contributed by atoms with Gasteiger partial charge in [0.05, 0.1) is 5.69 Å². The van der Waals surface area contributed by atoms with Gasteiger partial charge in [0, 0.05) is 0 Å². The molecule has 0 aliphatic heterocycles. The Morgan fingerprint density at radius 1 is 1.60 bits per heavy atom. The molecule has 1 N–H and O–H groups in total. The van der Waals surface area contributed by atoms with Gasteiger partial charge in [0.25, 0.3) is 0 Å². The summed E-state index contributed by atoms with van der Waals surface area (Å²) in [6, 6.07) is 0. The van der Waals surface area contributed by atoms with Crippen LogP contribution >= 0.6 is 23.2 Å². The van der Waals surface area contributed by atoms with Crippen LogP contribution in [0, 0.1) is 6.92 Å². The van der Waals surface area contributed by atoms with Crippen LogP contribution in [0.3, 0.4) is 0 Å². The maximum absolute atomic E-state index is 8.64. The van der Waals surface area contributed by atoms with Gasteiger partial charge in [-0.1, -0.05) is 23.2 Å². The molecule has 5 heteroatoms. The fourth-order valence-electron chi connectivity index (χ4n) is 0.625. The summed E-state index contributed by atoms with van der Waals surface area (Å²) in [6.45, 7) is 1.54. The first-order valence-corrected chi connectivity index (χ1v) is 3.41. The molecule has 0 aliphatic carbocycles. The second kappa shape index (κ2) is 2.78. The van der Waals surface area contributed by atoms with E-state index in [9.17, 15) is 0 Å². The Labute approximate surface area is 68.2 Å².